The number of anilines is 1. The number of carbonyl (C=O) groups is 1. The molecule has 0 spiro atoms. The summed E-state index contributed by atoms with van der Waals surface area (Å²) in [6.45, 7) is 1.76. The van der Waals surface area contributed by atoms with Gasteiger partial charge in [-0.3, -0.25) is 14.7 Å². The van der Waals surface area contributed by atoms with E-state index < -0.39 is 0 Å². The average Bonchev–Trinajstić information content (AvgIpc) is 3.32. The number of methoxy groups -OCH3 is 1. The second-order valence-corrected chi connectivity index (χ2v) is 6.34. The van der Waals surface area contributed by atoms with E-state index in [2.05, 4.69) is 15.2 Å². The van der Waals surface area contributed by atoms with E-state index in [1.165, 1.54) is 0 Å². The summed E-state index contributed by atoms with van der Waals surface area (Å²) in [5, 5.41) is 2.95. The molecule has 1 fully saturated rings. The molecule has 1 atom stereocenters. The van der Waals surface area contributed by atoms with Gasteiger partial charge in [-0.1, -0.05) is 12.1 Å². The predicted molar refractivity (Wildman–Crippen MR) is 95.4 cm³/mol. The van der Waals surface area contributed by atoms with E-state index >= 15 is 0 Å². The number of pyridine rings is 1. The average molecular weight is 355 g/mol. The Bertz CT molecular complexity index is 811. The normalized spacial score (nSPS) is 18.7. The monoisotopic (exact) mass is 355 g/mol. The lowest BCUT2D eigenvalue weighted by molar-refractivity contribution is -0.120. The van der Waals surface area contributed by atoms with Gasteiger partial charge in [-0.15, -0.1) is 0 Å². The van der Waals surface area contributed by atoms with E-state index in [1.807, 2.05) is 18.2 Å². The van der Waals surface area contributed by atoms with Crippen LogP contribution >= 0.6 is 0 Å². The molecular weight excluding hydrogens is 334 g/mol. The molecule has 2 aliphatic rings. The number of ether oxygens (including phenoxy) is 3. The molecule has 136 valence electrons. The minimum atomic E-state index is -0.196. The number of rotatable bonds is 5. The summed E-state index contributed by atoms with van der Waals surface area (Å²) >= 11 is 0. The molecule has 1 saturated heterocycles. The number of para-hydroxylation sites is 1. The molecular formula is C19H21N3O4. The van der Waals surface area contributed by atoms with Crippen molar-refractivity contribution in [3.05, 3.63) is 42.2 Å². The third-order valence-electron chi connectivity index (χ3n) is 4.78. The molecule has 1 unspecified atom stereocenters. The van der Waals surface area contributed by atoms with Gasteiger partial charge in [0.1, 0.15) is 11.4 Å². The third kappa shape index (κ3) is 3.17. The first kappa shape index (κ1) is 16.7. The molecule has 26 heavy (non-hydrogen) atoms. The molecule has 7 nitrogen and oxygen atoms in total. The Morgan fingerprint density at radius 3 is 3.19 bits per heavy atom. The van der Waals surface area contributed by atoms with E-state index in [0.717, 1.165) is 36.4 Å². The highest BCUT2D eigenvalue weighted by molar-refractivity contribution is 5.96. The topological polar surface area (TPSA) is 72.9 Å². The highest BCUT2D eigenvalue weighted by atomic mass is 16.7. The van der Waals surface area contributed by atoms with E-state index in [-0.39, 0.29) is 18.7 Å². The van der Waals surface area contributed by atoms with Gasteiger partial charge >= 0.3 is 0 Å². The molecule has 0 saturated carbocycles. The molecule has 1 amide bonds. The first-order valence-corrected chi connectivity index (χ1v) is 8.66. The zero-order valence-corrected chi connectivity index (χ0v) is 14.6. The molecule has 2 aliphatic heterocycles. The number of hydrogen-bond donors (Lipinski definition) is 1. The minimum Gasteiger partial charge on any atom is -0.494 e. The van der Waals surface area contributed by atoms with E-state index in [1.54, 1.807) is 25.6 Å². The van der Waals surface area contributed by atoms with Crippen LogP contribution in [0.15, 0.2) is 36.7 Å². The van der Waals surface area contributed by atoms with Crippen molar-refractivity contribution in [2.45, 2.75) is 25.4 Å². The van der Waals surface area contributed by atoms with Crippen molar-refractivity contribution in [1.82, 2.24) is 9.88 Å². The maximum atomic E-state index is 12.8. The number of fused-ring (bicyclic) bond motifs is 1. The zero-order chi connectivity index (χ0) is 17.9. The van der Waals surface area contributed by atoms with Crippen molar-refractivity contribution < 1.29 is 19.0 Å². The van der Waals surface area contributed by atoms with Gasteiger partial charge in [-0.2, -0.15) is 0 Å². The van der Waals surface area contributed by atoms with Gasteiger partial charge in [0.2, 0.25) is 12.7 Å². The molecule has 4 rings (SSSR count). The van der Waals surface area contributed by atoms with Crippen molar-refractivity contribution in [3.8, 4) is 17.2 Å². The zero-order valence-electron chi connectivity index (χ0n) is 14.6. The molecule has 1 aromatic carbocycles. The third-order valence-corrected chi connectivity index (χ3v) is 4.78. The van der Waals surface area contributed by atoms with Crippen LogP contribution in [0, 0.1) is 0 Å². The van der Waals surface area contributed by atoms with Crippen LogP contribution in [0.4, 0.5) is 5.69 Å². The highest BCUT2D eigenvalue weighted by Gasteiger charge is 2.32. The van der Waals surface area contributed by atoms with Gasteiger partial charge in [0.25, 0.3) is 0 Å². The quantitative estimate of drug-likeness (QED) is 0.888. The van der Waals surface area contributed by atoms with Crippen LogP contribution < -0.4 is 19.5 Å². The lowest BCUT2D eigenvalue weighted by Crippen LogP contribution is -2.39. The van der Waals surface area contributed by atoms with Crippen molar-refractivity contribution in [2.75, 3.05) is 25.8 Å². The van der Waals surface area contributed by atoms with Gasteiger partial charge < -0.3 is 19.5 Å². The van der Waals surface area contributed by atoms with Crippen molar-refractivity contribution in [1.29, 1.82) is 0 Å². The van der Waals surface area contributed by atoms with Crippen LogP contribution in [0.25, 0.3) is 0 Å². The largest absolute Gasteiger partial charge is 0.494 e. The van der Waals surface area contributed by atoms with Crippen LogP contribution in [-0.2, 0) is 11.3 Å². The van der Waals surface area contributed by atoms with Gasteiger partial charge in [-0.05, 0) is 25.5 Å². The standard InChI is InChI=1S/C19H21N3O4/c1-24-16-7-8-20-10-14(16)21-19(23)15-5-3-9-22(15)11-13-4-2-6-17-18(13)26-12-25-17/h2,4,6-8,10,15H,3,5,9,11-12H2,1H3,(H,21,23). The van der Waals surface area contributed by atoms with Crippen LogP contribution in [0.1, 0.15) is 18.4 Å². The summed E-state index contributed by atoms with van der Waals surface area (Å²) in [6, 6.07) is 7.40. The Labute approximate surface area is 151 Å². The van der Waals surface area contributed by atoms with Crippen molar-refractivity contribution in [2.24, 2.45) is 0 Å². The highest BCUT2D eigenvalue weighted by Crippen LogP contribution is 2.37. The van der Waals surface area contributed by atoms with Gasteiger partial charge in [0.05, 0.1) is 19.3 Å². The van der Waals surface area contributed by atoms with Gasteiger partial charge in [-0.25, -0.2) is 0 Å². The number of hydrogen-bond acceptors (Lipinski definition) is 6. The molecule has 3 heterocycles. The Morgan fingerprint density at radius 2 is 2.31 bits per heavy atom. The first-order valence-electron chi connectivity index (χ1n) is 8.66. The molecule has 1 N–H and O–H groups in total. The molecule has 7 heteroatoms. The number of likely N-dealkylation sites (tertiary alicyclic amines) is 1. The molecule has 1 aromatic heterocycles. The summed E-state index contributed by atoms with van der Waals surface area (Å²) < 4.78 is 16.3. The molecule has 0 radical (unpaired) electrons. The predicted octanol–water partition coefficient (Wildman–Crippen LogP) is 2.42. The fourth-order valence-corrected chi connectivity index (χ4v) is 3.52. The maximum absolute atomic E-state index is 12.8. The summed E-state index contributed by atoms with van der Waals surface area (Å²) in [4.78, 5) is 19.1. The summed E-state index contributed by atoms with van der Waals surface area (Å²) in [7, 11) is 1.57. The first-order chi connectivity index (χ1) is 12.8. The van der Waals surface area contributed by atoms with E-state index in [9.17, 15) is 4.79 Å². The lowest BCUT2D eigenvalue weighted by Gasteiger charge is -2.24. The van der Waals surface area contributed by atoms with Gasteiger partial charge in [0, 0.05) is 24.4 Å². The van der Waals surface area contributed by atoms with Gasteiger partial charge in [0.15, 0.2) is 11.5 Å². The molecule has 0 aliphatic carbocycles. The minimum absolute atomic E-state index is 0.0430. The number of nitrogens with one attached hydrogen (secondary N) is 1. The molecule has 0 bridgehead atoms. The number of aromatic nitrogens is 1. The SMILES string of the molecule is COc1ccncc1NC(=O)C1CCCN1Cc1cccc2c1OCO2. The van der Waals surface area contributed by atoms with E-state index in [4.69, 9.17) is 14.2 Å². The fourth-order valence-electron chi connectivity index (χ4n) is 3.52. The smallest absolute Gasteiger partial charge is 0.241 e. The summed E-state index contributed by atoms with van der Waals surface area (Å²) in [5.41, 5.74) is 1.63. The van der Waals surface area contributed by atoms with Crippen molar-refractivity contribution in [3.63, 3.8) is 0 Å². The summed E-state index contributed by atoms with van der Waals surface area (Å²) in [6.07, 6.45) is 5.04. The Morgan fingerprint density at radius 1 is 1.38 bits per heavy atom. The van der Waals surface area contributed by atoms with E-state index in [0.29, 0.717) is 18.0 Å². The maximum Gasteiger partial charge on any atom is 0.241 e. The number of carbonyl (C=O) groups excluding carboxylic acids is 1. The van der Waals surface area contributed by atoms with Crippen LogP contribution in [0.3, 0.4) is 0 Å². The molecule has 2 aromatic rings. The van der Waals surface area contributed by atoms with Crippen molar-refractivity contribution >= 4 is 11.6 Å². The number of amides is 1. The Hall–Kier alpha value is -2.80. The lowest BCUT2D eigenvalue weighted by atomic mass is 10.1. The fraction of sp³-hybridized carbons (Fsp3) is 0.368. The summed E-state index contributed by atoms with van der Waals surface area (Å²) in [5.74, 6) is 2.11. The van der Waals surface area contributed by atoms with Crippen LogP contribution in [0.5, 0.6) is 17.2 Å². The van der Waals surface area contributed by atoms with Crippen LogP contribution in [-0.4, -0.2) is 42.3 Å². The second-order valence-electron chi connectivity index (χ2n) is 6.34. The Balaban J connectivity index is 1.48. The number of benzene rings is 1. The van der Waals surface area contributed by atoms with Crippen LogP contribution in [0.2, 0.25) is 0 Å². The Kier molecular flexibility index (Phi) is 4.62. The second kappa shape index (κ2) is 7.21. The number of nitrogens with zero attached hydrogens (tertiary/aromatic N) is 2.